The van der Waals surface area contributed by atoms with E-state index in [1.165, 1.54) is 10.7 Å². The Morgan fingerprint density at radius 3 is 2.81 bits per heavy atom. The summed E-state index contributed by atoms with van der Waals surface area (Å²) in [5.41, 5.74) is 0.482. The van der Waals surface area contributed by atoms with E-state index in [0.717, 1.165) is 23.4 Å². The molecule has 1 aliphatic rings. The van der Waals surface area contributed by atoms with Crippen LogP contribution in [0, 0.1) is 0 Å². The van der Waals surface area contributed by atoms with Crippen LogP contribution in [0.4, 0.5) is 0 Å². The molecule has 0 unspecified atom stereocenters. The monoisotopic (exact) mass is 325 g/mol. The van der Waals surface area contributed by atoms with Gasteiger partial charge in [0.05, 0.1) is 16.7 Å². The minimum absolute atomic E-state index is 0.180. The smallest absolute Gasteiger partial charge is 0.266 e. The van der Waals surface area contributed by atoms with Gasteiger partial charge in [-0.2, -0.15) is 5.10 Å². The Morgan fingerprint density at radius 2 is 2.14 bits per heavy atom. The molecule has 0 bridgehead atoms. The van der Waals surface area contributed by atoms with E-state index < -0.39 is 10.0 Å². The van der Waals surface area contributed by atoms with Crippen LogP contribution in [0.1, 0.15) is 12.8 Å². The van der Waals surface area contributed by atoms with Crippen molar-refractivity contribution in [2.75, 3.05) is 6.54 Å². The molecular formula is C13H15N3O3S2. The van der Waals surface area contributed by atoms with Crippen molar-refractivity contribution in [2.24, 2.45) is 0 Å². The Morgan fingerprint density at radius 1 is 1.33 bits per heavy atom. The van der Waals surface area contributed by atoms with E-state index >= 15 is 0 Å². The maximum absolute atomic E-state index is 11.8. The summed E-state index contributed by atoms with van der Waals surface area (Å²) in [6.07, 6.45) is 1.45. The molecule has 0 radical (unpaired) electrons. The fraction of sp³-hybridized carbons (Fsp3) is 0.385. The Bertz CT molecular complexity index is 777. The first-order valence-corrected chi connectivity index (χ1v) is 9.09. The fourth-order valence-electron chi connectivity index (χ4n) is 1.95. The van der Waals surface area contributed by atoms with Gasteiger partial charge in [0, 0.05) is 12.6 Å². The number of hydrogen-bond acceptors (Lipinski definition) is 5. The quantitative estimate of drug-likeness (QED) is 0.861. The third-order valence-corrected chi connectivity index (χ3v) is 6.08. The summed E-state index contributed by atoms with van der Waals surface area (Å²) in [6, 6.07) is 6.98. The number of nitrogens with zero attached hydrogens (tertiary/aromatic N) is 2. The van der Waals surface area contributed by atoms with Crippen molar-refractivity contribution in [2.45, 2.75) is 24.6 Å². The molecular weight excluding hydrogens is 310 g/mol. The molecule has 0 aliphatic heterocycles. The molecule has 0 saturated heterocycles. The molecule has 0 spiro atoms. The van der Waals surface area contributed by atoms with Gasteiger partial charge in [-0.15, -0.1) is 11.3 Å². The minimum atomic E-state index is -3.21. The first-order valence-electron chi connectivity index (χ1n) is 6.67. The molecule has 2 heterocycles. The molecule has 112 valence electrons. The van der Waals surface area contributed by atoms with Gasteiger partial charge >= 0.3 is 0 Å². The van der Waals surface area contributed by atoms with Crippen LogP contribution in [0.2, 0.25) is 0 Å². The highest BCUT2D eigenvalue weighted by Gasteiger charge is 2.35. The number of hydrogen-bond donors (Lipinski definition) is 1. The van der Waals surface area contributed by atoms with Crippen molar-refractivity contribution < 1.29 is 8.42 Å². The van der Waals surface area contributed by atoms with E-state index in [1.54, 1.807) is 17.4 Å². The topological polar surface area (TPSA) is 81.1 Å². The Kier molecular flexibility index (Phi) is 3.92. The summed E-state index contributed by atoms with van der Waals surface area (Å²) < 4.78 is 27.2. The third-order valence-electron chi connectivity index (χ3n) is 3.23. The number of nitrogens with one attached hydrogen (secondary N) is 1. The summed E-state index contributed by atoms with van der Waals surface area (Å²) in [6.45, 7) is 0.406. The van der Waals surface area contributed by atoms with Crippen molar-refractivity contribution in [3.63, 3.8) is 0 Å². The van der Waals surface area contributed by atoms with E-state index in [9.17, 15) is 13.2 Å². The molecule has 6 nitrogen and oxygen atoms in total. The van der Waals surface area contributed by atoms with Crippen LogP contribution >= 0.6 is 11.3 Å². The zero-order valence-electron chi connectivity index (χ0n) is 11.2. The van der Waals surface area contributed by atoms with E-state index in [2.05, 4.69) is 9.82 Å². The first kappa shape index (κ1) is 14.4. The average molecular weight is 325 g/mol. The standard InChI is InChI=1S/C13H15N3O3S2/c17-13-6-5-11(12-2-1-9-20-12)15-16(13)8-7-14-21(18,19)10-3-4-10/h1-2,5-6,9-10,14H,3-4,7-8H2. The molecule has 0 aromatic carbocycles. The molecule has 21 heavy (non-hydrogen) atoms. The highest BCUT2D eigenvalue weighted by Crippen LogP contribution is 2.27. The van der Waals surface area contributed by atoms with Crippen molar-refractivity contribution >= 4 is 21.4 Å². The van der Waals surface area contributed by atoms with Crippen LogP contribution in [-0.4, -0.2) is 30.0 Å². The van der Waals surface area contributed by atoms with Crippen LogP contribution in [0.15, 0.2) is 34.4 Å². The zero-order valence-corrected chi connectivity index (χ0v) is 12.9. The van der Waals surface area contributed by atoms with Crippen molar-refractivity contribution in [1.29, 1.82) is 0 Å². The molecule has 1 aliphatic carbocycles. The molecule has 2 aromatic rings. The molecule has 1 saturated carbocycles. The summed E-state index contributed by atoms with van der Waals surface area (Å²) in [4.78, 5) is 12.7. The Hall–Kier alpha value is -1.51. The lowest BCUT2D eigenvalue weighted by molar-refractivity contribution is 0.548. The lowest BCUT2D eigenvalue weighted by atomic mass is 10.3. The fourth-order valence-corrected chi connectivity index (χ4v) is 4.01. The second-order valence-corrected chi connectivity index (χ2v) is 7.89. The van der Waals surface area contributed by atoms with E-state index in [1.807, 2.05) is 17.5 Å². The normalized spacial score (nSPS) is 15.2. The highest BCUT2D eigenvalue weighted by molar-refractivity contribution is 7.90. The largest absolute Gasteiger partial charge is 0.268 e. The third kappa shape index (κ3) is 3.39. The van der Waals surface area contributed by atoms with Gasteiger partial charge in [0.25, 0.3) is 5.56 Å². The number of rotatable bonds is 6. The lowest BCUT2D eigenvalue weighted by Gasteiger charge is -2.08. The van der Waals surface area contributed by atoms with Gasteiger partial charge in [-0.25, -0.2) is 17.8 Å². The van der Waals surface area contributed by atoms with Crippen molar-refractivity contribution in [3.8, 4) is 10.6 Å². The zero-order chi connectivity index (χ0) is 14.9. The molecule has 8 heteroatoms. The highest BCUT2D eigenvalue weighted by atomic mass is 32.2. The lowest BCUT2D eigenvalue weighted by Crippen LogP contribution is -2.33. The summed E-state index contributed by atoms with van der Waals surface area (Å²) in [5.74, 6) is 0. The molecule has 3 rings (SSSR count). The Balaban J connectivity index is 1.70. The van der Waals surface area contributed by atoms with E-state index in [4.69, 9.17) is 0 Å². The van der Waals surface area contributed by atoms with Crippen LogP contribution in [0.5, 0.6) is 0 Å². The van der Waals surface area contributed by atoms with Crippen LogP contribution < -0.4 is 10.3 Å². The van der Waals surface area contributed by atoms with Crippen molar-refractivity contribution in [1.82, 2.24) is 14.5 Å². The maximum Gasteiger partial charge on any atom is 0.266 e. The van der Waals surface area contributed by atoms with Crippen LogP contribution in [0.25, 0.3) is 10.6 Å². The van der Waals surface area contributed by atoms with Gasteiger partial charge in [-0.05, 0) is 30.4 Å². The molecule has 0 atom stereocenters. The second kappa shape index (κ2) is 5.70. The van der Waals surface area contributed by atoms with E-state index in [0.29, 0.717) is 0 Å². The molecule has 0 amide bonds. The van der Waals surface area contributed by atoms with Gasteiger partial charge in [-0.1, -0.05) is 6.07 Å². The van der Waals surface area contributed by atoms with Gasteiger partial charge in [0.2, 0.25) is 10.0 Å². The molecule has 1 N–H and O–H groups in total. The minimum Gasteiger partial charge on any atom is -0.268 e. The first-order chi connectivity index (χ1) is 10.1. The van der Waals surface area contributed by atoms with Crippen LogP contribution in [0.3, 0.4) is 0 Å². The van der Waals surface area contributed by atoms with Crippen molar-refractivity contribution in [3.05, 3.63) is 40.0 Å². The summed E-state index contributed by atoms with van der Waals surface area (Å²) in [7, 11) is -3.21. The Labute approximate surface area is 126 Å². The number of thiophene rings is 1. The van der Waals surface area contributed by atoms with E-state index in [-0.39, 0.29) is 23.9 Å². The predicted molar refractivity (Wildman–Crippen MR) is 81.8 cm³/mol. The predicted octanol–water partition coefficient (Wildman–Crippen LogP) is 1.05. The van der Waals surface area contributed by atoms with Gasteiger partial charge < -0.3 is 0 Å². The number of sulfonamides is 1. The second-order valence-electron chi connectivity index (χ2n) is 4.90. The number of aromatic nitrogens is 2. The molecule has 2 aromatic heterocycles. The van der Waals surface area contributed by atoms with Crippen LogP contribution in [-0.2, 0) is 16.6 Å². The summed E-state index contributed by atoms with van der Waals surface area (Å²) in [5, 5.41) is 5.96. The van der Waals surface area contributed by atoms with Gasteiger partial charge in [0.1, 0.15) is 5.69 Å². The van der Waals surface area contributed by atoms with Gasteiger partial charge in [-0.3, -0.25) is 4.79 Å². The van der Waals surface area contributed by atoms with Gasteiger partial charge in [0.15, 0.2) is 0 Å². The average Bonchev–Trinajstić information content (AvgIpc) is 3.18. The molecule has 1 fully saturated rings. The summed E-state index contributed by atoms with van der Waals surface area (Å²) >= 11 is 1.54. The maximum atomic E-state index is 11.8. The SMILES string of the molecule is O=c1ccc(-c2cccs2)nn1CCNS(=O)(=O)C1CC1.